The minimum atomic E-state index is 0.592. The maximum Gasteiger partial charge on any atom is 0.126 e. The third-order valence-corrected chi connectivity index (χ3v) is 3.37. The third kappa shape index (κ3) is 2.12. The van der Waals surface area contributed by atoms with Crippen LogP contribution in [0.5, 0.6) is 0 Å². The van der Waals surface area contributed by atoms with E-state index in [4.69, 9.17) is 5.73 Å². The molecule has 0 aliphatic heterocycles. The van der Waals surface area contributed by atoms with E-state index in [2.05, 4.69) is 23.3 Å². The number of hydrogen-bond acceptors (Lipinski definition) is 3. The van der Waals surface area contributed by atoms with Gasteiger partial charge in [-0.05, 0) is 50.3 Å². The van der Waals surface area contributed by atoms with Crippen molar-refractivity contribution >= 4 is 5.82 Å². The minimum absolute atomic E-state index is 0.592. The second-order valence-electron chi connectivity index (χ2n) is 4.48. The van der Waals surface area contributed by atoms with Gasteiger partial charge in [0.15, 0.2) is 0 Å². The zero-order valence-corrected chi connectivity index (χ0v) is 9.46. The van der Waals surface area contributed by atoms with Crippen LogP contribution < -0.4 is 11.1 Å². The van der Waals surface area contributed by atoms with Crippen LogP contribution in [0.1, 0.15) is 36.3 Å². The molecule has 1 fully saturated rings. The minimum Gasteiger partial charge on any atom is -0.383 e. The Kier molecular flexibility index (Phi) is 2.91. The van der Waals surface area contributed by atoms with Gasteiger partial charge in [0.05, 0.1) is 0 Å². The predicted octanol–water partition coefficient (Wildman–Crippen LogP) is 1.83. The fraction of sp³-hybridized carbons (Fsp3) is 0.583. The molecular formula is C12H19N3. The Morgan fingerprint density at radius 1 is 1.47 bits per heavy atom. The van der Waals surface area contributed by atoms with Crippen LogP contribution >= 0.6 is 0 Å². The number of aromatic nitrogens is 1. The maximum atomic E-state index is 5.92. The zero-order valence-electron chi connectivity index (χ0n) is 9.46. The van der Waals surface area contributed by atoms with Gasteiger partial charge < -0.3 is 11.1 Å². The Labute approximate surface area is 91.1 Å². The molecule has 1 aromatic heterocycles. The summed E-state index contributed by atoms with van der Waals surface area (Å²) in [5, 5.41) is 3.34. The topological polar surface area (TPSA) is 50.9 Å². The lowest BCUT2D eigenvalue weighted by Gasteiger charge is -2.13. The van der Waals surface area contributed by atoms with E-state index in [0.29, 0.717) is 17.8 Å². The number of nitrogen functional groups attached to an aromatic ring is 1. The van der Waals surface area contributed by atoms with Gasteiger partial charge in [-0.25, -0.2) is 4.98 Å². The van der Waals surface area contributed by atoms with Gasteiger partial charge >= 0.3 is 0 Å². The molecule has 0 saturated heterocycles. The largest absolute Gasteiger partial charge is 0.383 e. The highest BCUT2D eigenvalue weighted by molar-refractivity contribution is 5.43. The van der Waals surface area contributed by atoms with Gasteiger partial charge in [0.2, 0.25) is 0 Å². The van der Waals surface area contributed by atoms with Crippen molar-refractivity contribution in [2.45, 2.75) is 38.1 Å². The van der Waals surface area contributed by atoms with Gasteiger partial charge in [-0.1, -0.05) is 6.07 Å². The van der Waals surface area contributed by atoms with E-state index in [-0.39, 0.29) is 0 Å². The monoisotopic (exact) mass is 205 g/mol. The first-order valence-electron chi connectivity index (χ1n) is 5.60. The molecule has 1 aliphatic carbocycles. The summed E-state index contributed by atoms with van der Waals surface area (Å²) in [7, 11) is 2.03. The second-order valence-corrected chi connectivity index (χ2v) is 4.48. The Bertz CT molecular complexity index is 349. The Morgan fingerprint density at radius 2 is 2.27 bits per heavy atom. The molecule has 82 valence electrons. The average Bonchev–Trinajstić information content (AvgIpc) is 2.70. The molecule has 0 amide bonds. The number of anilines is 1. The molecule has 1 aromatic rings. The number of aryl methyl sites for hydroxylation is 1. The van der Waals surface area contributed by atoms with Crippen molar-refractivity contribution in [3.8, 4) is 0 Å². The summed E-state index contributed by atoms with van der Waals surface area (Å²) in [6.07, 6.45) is 5.49. The molecule has 0 aromatic carbocycles. The van der Waals surface area contributed by atoms with Crippen LogP contribution in [0.4, 0.5) is 5.82 Å². The molecule has 1 saturated carbocycles. The fourth-order valence-corrected chi connectivity index (χ4v) is 2.46. The Morgan fingerprint density at radius 3 is 2.93 bits per heavy atom. The normalized spacial score (nSPS) is 25.7. The number of rotatable bonds is 2. The van der Waals surface area contributed by atoms with Gasteiger partial charge in [-0.3, -0.25) is 0 Å². The SMILES string of the molecule is CNC1CCC(c2cc(C)cnc2N)C1. The predicted molar refractivity (Wildman–Crippen MR) is 62.8 cm³/mol. The lowest BCUT2D eigenvalue weighted by molar-refractivity contribution is 0.572. The summed E-state index contributed by atoms with van der Waals surface area (Å²) < 4.78 is 0. The van der Waals surface area contributed by atoms with Crippen molar-refractivity contribution in [3.05, 3.63) is 23.4 Å². The number of hydrogen-bond donors (Lipinski definition) is 2. The highest BCUT2D eigenvalue weighted by atomic mass is 14.9. The molecule has 3 N–H and O–H groups in total. The quantitative estimate of drug-likeness (QED) is 0.774. The fourth-order valence-electron chi connectivity index (χ4n) is 2.46. The van der Waals surface area contributed by atoms with E-state index < -0.39 is 0 Å². The van der Waals surface area contributed by atoms with Crippen LogP contribution in [-0.2, 0) is 0 Å². The van der Waals surface area contributed by atoms with Crippen molar-refractivity contribution in [2.75, 3.05) is 12.8 Å². The molecule has 3 nitrogen and oxygen atoms in total. The first-order chi connectivity index (χ1) is 7.20. The van der Waals surface area contributed by atoms with Gasteiger partial charge in [0, 0.05) is 12.2 Å². The van der Waals surface area contributed by atoms with Gasteiger partial charge in [0.25, 0.3) is 0 Å². The van der Waals surface area contributed by atoms with E-state index >= 15 is 0 Å². The highest BCUT2D eigenvalue weighted by Crippen LogP contribution is 2.36. The summed E-state index contributed by atoms with van der Waals surface area (Å²) in [4.78, 5) is 4.23. The van der Waals surface area contributed by atoms with E-state index in [1.54, 1.807) is 0 Å². The van der Waals surface area contributed by atoms with Gasteiger partial charge in [0.1, 0.15) is 5.82 Å². The molecule has 0 radical (unpaired) electrons. The van der Waals surface area contributed by atoms with Gasteiger partial charge in [-0.15, -0.1) is 0 Å². The summed E-state index contributed by atoms with van der Waals surface area (Å²) in [5.41, 5.74) is 8.37. The number of nitrogens with one attached hydrogen (secondary N) is 1. The lowest BCUT2D eigenvalue weighted by atomic mass is 9.97. The van der Waals surface area contributed by atoms with Crippen LogP contribution in [-0.4, -0.2) is 18.1 Å². The summed E-state index contributed by atoms with van der Waals surface area (Å²) >= 11 is 0. The van der Waals surface area contributed by atoms with Crippen LogP contribution in [0.25, 0.3) is 0 Å². The van der Waals surface area contributed by atoms with Crippen LogP contribution in [0, 0.1) is 6.92 Å². The van der Waals surface area contributed by atoms with E-state index in [1.807, 2.05) is 13.2 Å². The van der Waals surface area contributed by atoms with E-state index in [1.165, 1.54) is 30.4 Å². The van der Waals surface area contributed by atoms with Gasteiger partial charge in [-0.2, -0.15) is 0 Å². The molecule has 15 heavy (non-hydrogen) atoms. The first kappa shape index (κ1) is 10.4. The summed E-state index contributed by atoms with van der Waals surface area (Å²) in [5.74, 6) is 1.30. The molecule has 0 spiro atoms. The van der Waals surface area contributed by atoms with Crippen molar-refractivity contribution in [1.29, 1.82) is 0 Å². The van der Waals surface area contributed by atoms with Crippen LogP contribution in [0.3, 0.4) is 0 Å². The number of pyridine rings is 1. The smallest absolute Gasteiger partial charge is 0.126 e. The molecule has 2 rings (SSSR count). The molecular weight excluding hydrogens is 186 g/mol. The molecule has 1 heterocycles. The molecule has 3 heteroatoms. The maximum absolute atomic E-state index is 5.92. The number of nitrogens with two attached hydrogens (primary N) is 1. The molecule has 1 aliphatic rings. The lowest BCUT2D eigenvalue weighted by Crippen LogP contribution is -2.21. The van der Waals surface area contributed by atoms with Crippen molar-refractivity contribution < 1.29 is 0 Å². The first-order valence-corrected chi connectivity index (χ1v) is 5.60. The molecule has 2 atom stereocenters. The third-order valence-electron chi connectivity index (χ3n) is 3.37. The molecule has 0 bridgehead atoms. The van der Waals surface area contributed by atoms with Crippen LogP contribution in [0.2, 0.25) is 0 Å². The summed E-state index contributed by atoms with van der Waals surface area (Å²) in [6, 6.07) is 2.83. The zero-order chi connectivity index (χ0) is 10.8. The van der Waals surface area contributed by atoms with Crippen molar-refractivity contribution in [1.82, 2.24) is 10.3 Å². The summed E-state index contributed by atoms with van der Waals surface area (Å²) in [6.45, 7) is 2.07. The molecule has 2 unspecified atom stereocenters. The van der Waals surface area contributed by atoms with Crippen molar-refractivity contribution in [2.24, 2.45) is 0 Å². The number of nitrogens with zero attached hydrogens (tertiary/aromatic N) is 1. The highest BCUT2D eigenvalue weighted by Gasteiger charge is 2.26. The Balaban J connectivity index is 2.19. The van der Waals surface area contributed by atoms with E-state index in [9.17, 15) is 0 Å². The van der Waals surface area contributed by atoms with E-state index in [0.717, 1.165) is 0 Å². The average molecular weight is 205 g/mol. The van der Waals surface area contributed by atoms with Crippen LogP contribution in [0.15, 0.2) is 12.3 Å². The second kappa shape index (κ2) is 4.19. The Hall–Kier alpha value is -1.09. The van der Waals surface area contributed by atoms with Crippen molar-refractivity contribution in [3.63, 3.8) is 0 Å². The standard InChI is InChI=1S/C12H19N3/c1-8-5-11(12(13)15-7-8)9-3-4-10(6-9)14-2/h5,7,9-10,14H,3-4,6H2,1-2H3,(H2,13,15).